The Morgan fingerprint density at radius 1 is 1.11 bits per heavy atom. The van der Waals surface area contributed by atoms with E-state index >= 15 is 0 Å². The molecule has 1 N–H and O–H groups in total. The maximum absolute atomic E-state index is 12.3. The molecule has 0 bridgehead atoms. The van der Waals surface area contributed by atoms with Crippen molar-refractivity contribution in [1.82, 2.24) is 0 Å². The lowest BCUT2D eigenvalue weighted by molar-refractivity contribution is -0.123. The van der Waals surface area contributed by atoms with Crippen LogP contribution in [0.5, 0.6) is 5.75 Å². The summed E-state index contributed by atoms with van der Waals surface area (Å²) in [4.78, 5) is 24.5. The molecule has 7 nitrogen and oxygen atoms in total. The Kier molecular flexibility index (Phi) is 7.17. The molecule has 0 aliphatic carbocycles. The average Bonchev–Trinajstić information content (AvgIpc) is 2.62. The molecule has 1 atom stereocenters. The van der Waals surface area contributed by atoms with Gasteiger partial charge in [-0.25, -0.2) is 13.2 Å². The van der Waals surface area contributed by atoms with Crippen LogP contribution in [0.4, 0.5) is 5.69 Å². The first-order valence-corrected chi connectivity index (χ1v) is 10.8. The standard InChI is InChI=1S/C20H23NO6S/c1-4-26-18-10-8-17(9-11-18)21-19(22)14(2)27-20(23)16-7-5-6-15(12-16)13-28(3,24)25/h5-12,14H,4,13H2,1-3H3,(H,21,22)/t14-/m0/s1. The summed E-state index contributed by atoms with van der Waals surface area (Å²) in [7, 11) is -3.22. The molecular weight excluding hydrogens is 382 g/mol. The normalized spacial score (nSPS) is 12.1. The minimum atomic E-state index is -3.22. The van der Waals surface area contributed by atoms with E-state index in [0.29, 0.717) is 23.6 Å². The molecule has 150 valence electrons. The molecule has 2 aromatic rings. The molecule has 28 heavy (non-hydrogen) atoms. The van der Waals surface area contributed by atoms with Gasteiger partial charge in [0.15, 0.2) is 15.9 Å². The van der Waals surface area contributed by atoms with Crippen LogP contribution in [0.1, 0.15) is 29.8 Å². The van der Waals surface area contributed by atoms with E-state index in [2.05, 4.69) is 5.32 Å². The lowest BCUT2D eigenvalue weighted by atomic mass is 10.1. The Morgan fingerprint density at radius 3 is 2.39 bits per heavy atom. The van der Waals surface area contributed by atoms with Gasteiger partial charge in [0.2, 0.25) is 0 Å². The van der Waals surface area contributed by atoms with Crippen molar-refractivity contribution >= 4 is 27.4 Å². The van der Waals surface area contributed by atoms with Gasteiger partial charge in [-0.15, -0.1) is 0 Å². The Balaban J connectivity index is 1.97. The van der Waals surface area contributed by atoms with Crippen LogP contribution in [0.3, 0.4) is 0 Å². The second-order valence-electron chi connectivity index (χ2n) is 6.26. The van der Waals surface area contributed by atoms with Crippen LogP contribution in [-0.4, -0.2) is 39.3 Å². The Labute approximate surface area is 164 Å². The average molecular weight is 405 g/mol. The topological polar surface area (TPSA) is 98.8 Å². The van der Waals surface area contributed by atoms with Crippen LogP contribution in [-0.2, 0) is 25.1 Å². The number of sulfone groups is 1. The zero-order chi connectivity index (χ0) is 20.7. The molecule has 0 saturated carbocycles. The number of hydrogen-bond acceptors (Lipinski definition) is 6. The second-order valence-corrected chi connectivity index (χ2v) is 8.40. The van der Waals surface area contributed by atoms with Crippen molar-refractivity contribution in [2.45, 2.75) is 25.7 Å². The van der Waals surface area contributed by atoms with Gasteiger partial charge in [-0.1, -0.05) is 12.1 Å². The van der Waals surface area contributed by atoms with Crippen LogP contribution in [0.25, 0.3) is 0 Å². The first-order valence-electron chi connectivity index (χ1n) is 8.69. The van der Waals surface area contributed by atoms with Gasteiger partial charge < -0.3 is 14.8 Å². The highest BCUT2D eigenvalue weighted by Gasteiger charge is 2.19. The Morgan fingerprint density at radius 2 is 1.79 bits per heavy atom. The Hall–Kier alpha value is -2.87. The van der Waals surface area contributed by atoms with Gasteiger partial charge in [-0.2, -0.15) is 0 Å². The third-order valence-electron chi connectivity index (χ3n) is 3.68. The number of ether oxygens (including phenoxy) is 2. The lowest BCUT2D eigenvalue weighted by Crippen LogP contribution is -2.30. The highest BCUT2D eigenvalue weighted by atomic mass is 32.2. The van der Waals surface area contributed by atoms with Crippen LogP contribution >= 0.6 is 0 Å². The molecule has 0 unspecified atom stereocenters. The van der Waals surface area contributed by atoms with Gasteiger partial charge in [0.05, 0.1) is 17.9 Å². The maximum Gasteiger partial charge on any atom is 0.338 e. The van der Waals surface area contributed by atoms with Crippen LogP contribution in [0.2, 0.25) is 0 Å². The van der Waals surface area contributed by atoms with Crippen molar-refractivity contribution in [2.75, 3.05) is 18.2 Å². The van der Waals surface area contributed by atoms with E-state index in [9.17, 15) is 18.0 Å². The molecule has 0 fully saturated rings. The quantitative estimate of drug-likeness (QED) is 0.678. The predicted octanol–water partition coefficient (Wildman–Crippen LogP) is 2.81. The molecule has 0 radical (unpaired) electrons. The summed E-state index contributed by atoms with van der Waals surface area (Å²) in [5, 5.41) is 2.66. The summed E-state index contributed by atoms with van der Waals surface area (Å²) in [6.45, 7) is 3.88. The first kappa shape index (κ1) is 21.4. The van der Waals surface area contributed by atoms with Crippen LogP contribution in [0, 0.1) is 0 Å². The lowest BCUT2D eigenvalue weighted by Gasteiger charge is -2.14. The molecule has 0 aromatic heterocycles. The maximum atomic E-state index is 12.3. The molecule has 2 rings (SSSR count). The fraction of sp³-hybridized carbons (Fsp3) is 0.300. The highest BCUT2D eigenvalue weighted by Crippen LogP contribution is 2.16. The largest absolute Gasteiger partial charge is 0.494 e. The third-order valence-corrected chi connectivity index (χ3v) is 4.54. The highest BCUT2D eigenvalue weighted by molar-refractivity contribution is 7.89. The number of benzene rings is 2. The number of carbonyl (C=O) groups is 2. The zero-order valence-corrected chi connectivity index (χ0v) is 16.8. The molecule has 0 spiro atoms. The van der Waals surface area contributed by atoms with E-state index in [1.807, 2.05) is 6.92 Å². The van der Waals surface area contributed by atoms with Crippen molar-refractivity contribution in [2.24, 2.45) is 0 Å². The number of carbonyl (C=O) groups excluding carboxylic acids is 2. The number of anilines is 1. The van der Waals surface area contributed by atoms with Crippen molar-refractivity contribution in [3.63, 3.8) is 0 Å². The molecule has 0 saturated heterocycles. The summed E-state index contributed by atoms with van der Waals surface area (Å²) in [5.74, 6) is -0.675. The zero-order valence-electron chi connectivity index (χ0n) is 16.0. The molecule has 1 amide bonds. The molecule has 2 aromatic carbocycles. The van der Waals surface area contributed by atoms with E-state index in [4.69, 9.17) is 9.47 Å². The van der Waals surface area contributed by atoms with E-state index < -0.39 is 27.8 Å². The third kappa shape index (κ3) is 6.70. The minimum absolute atomic E-state index is 0.179. The van der Waals surface area contributed by atoms with E-state index in [1.54, 1.807) is 36.4 Å². The van der Waals surface area contributed by atoms with Crippen molar-refractivity contribution in [1.29, 1.82) is 0 Å². The van der Waals surface area contributed by atoms with E-state index in [-0.39, 0.29) is 11.3 Å². The Bertz CT molecular complexity index is 937. The SMILES string of the molecule is CCOc1ccc(NC(=O)[C@H](C)OC(=O)c2cccc(CS(C)(=O)=O)c2)cc1. The van der Waals surface area contributed by atoms with Gasteiger partial charge in [0, 0.05) is 11.9 Å². The fourth-order valence-corrected chi connectivity index (χ4v) is 3.20. The van der Waals surface area contributed by atoms with Gasteiger partial charge >= 0.3 is 5.97 Å². The molecule has 8 heteroatoms. The van der Waals surface area contributed by atoms with Crippen LogP contribution < -0.4 is 10.1 Å². The number of rotatable bonds is 8. The summed E-state index contributed by atoms with van der Waals surface area (Å²) in [5.41, 5.74) is 1.21. The predicted molar refractivity (Wildman–Crippen MR) is 106 cm³/mol. The monoisotopic (exact) mass is 405 g/mol. The van der Waals surface area contributed by atoms with Gasteiger partial charge in [0.25, 0.3) is 5.91 Å². The number of hydrogen-bond donors (Lipinski definition) is 1. The summed E-state index contributed by atoms with van der Waals surface area (Å²) in [6, 6.07) is 13.0. The first-order chi connectivity index (χ1) is 13.2. The summed E-state index contributed by atoms with van der Waals surface area (Å²) in [6.07, 6.45) is 0.0864. The van der Waals surface area contributed by atoms with Crippen LogP contribution in [0.15, 0.2) is 48.5 Å². The molecule has 0 heterocycles. The number of esters is 1. The minimum Gasteiger partial charge on any atom is -0.494 e. The number of amides is 1. The summed E-state index contributed by atoms with van der Waals surface area (Å²) >= 11 is 0. The van der Waals surface area contributed by atoms with Gasteiger partial charge in [0.1, 0.15) is 5.75 Å². The molecule has 0 aliphatic rings. The van der Waals surface area contributed by atoms with Gasteiger partial charge in [-0.3, -0.25) is 4.79 Å². The molecule has 0 aliphatic heterocycles. The summed E-state index contributed by atoms with van der Waals surface area (Å²) < 4.78 is 33.3. The fourth-order valence-electron chi connectivity index (χ4n) is 2.42. The second kappa shape index (κ2) is 9.36. The van der Waals surface area contributed by atoms with E-state index in [0.717, 1.165) is 6.26 Å². The smallest absolute Gasteiger partial charge is 0.338 e. The van der Waals surface area contributed by atoms with Crippen molar-refractivity contribution in [3.8, 4) is 5.75 Å². The van der Waals surface area contributed by atoms with Crippen molar-refractivity contribution < 1.29 is 27.5 Å². The van der Waals surface area contributed by atoms with Crippen molar-refractivity contribution in [3.05, 3.63) is 59.7 Å². The number of nitrogens with one attached hydrogen (secondary N) is 1. The van der Waals surface area contributed by atoms with Gasteiger partial charge in [-0.05, 0) is 55.8 Å². The van der Waals surface area contributed by atoms with E-state index in [1.165, 1.54) is 19.1 Å². The molecular formula is C20H23NO6S.